The number of carbonyl (C=O) groups excluding carboxylic acids is 1. The van der Waals surface area contributed by atoms with E-state index in [9.17, 15) is 32.8 Å². The van der Waals surface area contributed by atoms with Crippen molar-refractivity contribution in [3.05, 3.63) is 70.3 Å². The molecule has 1 amide bonds. The maximum Gasteiger partial charge on any atom is 0.472 e. The van der Waals surface area contributed by atoms with Crippen LogP contribution in [0.3, 0.4) is 0 Å². The molecule has 0 aliphatic carbocycles. The number of primary amides is 1. The molecule has 1 aliphatic heterocycles. The number of non-ortho nitro benzene ring substituents is 1. The van der Waals surface area contributed by atoms with E-state index in [4.69, 9.17) is 24.3 Å². The lowest BCUT2D eigenvalue weighted by molar-refractivity contribution is -0.384. The van der Waals surface area contributed by atoms with E-state index in [2.05, 4.69) is 0 Å². The number of hydrogen-bond acceptors (Lipinski definition) is 10. The van der Waals surface area contributed by atoms with Gasteiger partial charge in [-0.25, -0.2) is 17.8 Å². The molecular weight excluding hydrogens is 581 g/mol. The van der Waals surface area contributed by atoms with Crippen molar-refractivity contribution in [3.63, 3.8) is 0 Å². The molecule has 4 atom stereocenters. The lowest BCUT2D eigenvalue weighted by Crippen LogP contribution is -2.47. The first-order valence-corrected chi connectivity index (χ1v) is 15.7. The topological polar surface area (TPSA) is 198 Å². The fourth-order valence-corrected chi connectivity index (χ4v) is 6.96. The summed E-state index contributed by atoms with van der Waals surface area (Å²) in [6, 6.07) is 13.0. The Morgan fingerprint density at radius 2 is 1.83 bits per heavy atom. The molecule has 226 valence electrons. The van der Waals surface area contributed by atoms with E-state index in [1.807, 2.05) is 0 Å². The van der Waals surface area contributed by atoms with Gasteiger partial charge in [0, 0.05) is 38.2 Å². The number of rotatable bonds is 15. The molecule has 2 aromatic rings. The minimum atomic E-state index is -4.84. The molecule has 16 heteroatoms. The van der Waals surface area contributed by atoms with Gasteiger partial charge >= 0.3 is 13.9 Å². The molecule has 3 rings (SSSR count). The number of phosphoric acid groups is 1. The predicted octanol–water partition coefficient (Wildman–Crippen LogP) is 3.24. The second-order valence-electron chi connectivity index (χ2n) is 9.84. The van der Waals surface area contributed by atoms with Crippen molar-refractivity contribution in [1.29, 1.82) is 0 Å². The number of nitrogens with two attached hydrogens (primary N) is 1. The van der Waals surface area contributed by atoms with Crippen molar-refractivity contribution in [2.45, 2.75) is 49.9 Å². The first kappa shape index (κ1) is 32.6. The Bertz CT molecular complexity index is 1320. The maximum absolute atomic E-state index is 13.7. The predicted molar refractivity (Wildman–Crippen MR) is 146 cm³/mol. The van der Waals surface area contributed by atoms with Gasteiger partial charge in [-0.05, 0) is 30.0 Å². The maximum atomic E-state index is 13.7. The Morgan fingerprint density at radius 1 is 1.17 bits per heavy atom. The van der Waals surface area contributed by atoms with Gasteiger partial charge in [0.15, 0.2) is 0 Å². The SMILES string of the molecule is CC(C)CN(C[C@@H](OP(=O)(O)O[C@H]1CCOC1)[C@H](Cc1ccccc1)OC(N)=O)S(=O)(=O)c1ccc([N+](=O)[O-])cc1. The summed E-state index contributed by atoms with van der Waals surface area (Å²) < 4.78 is 62.8. The van der Waals surface area contributed by atoms with Crippen LogP contribution in [-0.4, -0.2) is 73.2 Å². The Kier molecular flexibility index (Phi) is 11.4. The van der Waals surface area contributed by atoms with Crippen LogP contribution >= 0.6 is 7.82 Å². The molecule has 0 bridgehead atoms. The highest BCUT2D eigenvalue weighted by Crippen LogP contribution is 2.48. The normalized spacial score (nSPS) is 18.6. The number of hydrogen-bond donors (Lipinski definition) is 2. The van der Waals surface area contributed by atoms with Gasteiger partial charge in [-0.1, -0.05) is 44.2 Å². The molecule has 2 aromatic carbocycles. The first-order valence-electron chi connectivity index (χ1n) is 12.8. The van der Waals surface area contributed by atoms with Gasteiger partial charge in [0.05, 0.1) is 22.5 Å². The van der Waals surface area contributed by atoms with E-state index in [1.165, 1.54) is 0 Å². The zero-order valence-corrected chi connectivity index (χ0v) is 24.3. The van der Waals surface area contributed by atoms with Crippen molar-refractivity contribution in [3.8, 4) is 0 Å². The van der Waals surface area contributed by atoms with Crippen molar-refractivity contribution < 1.29 is 46.1 Å². The summed E-state index contributed by atoms with van der Waals surface area (Å²) in [4.78, 5) is 32.7. The van der Waals surface area contributed by atoms with Crippen molar-refractivity contribution in [2.24, 2.45) is 11.7 Å². The number of carbonyl (C=O) groups is 1. The standard InChI is InChI=1S/C25H34N3O11PS/c1-18(2)15-27(41(34,35)22-10-8-20(9-11-22)28(30)31)16-24(39-40(32,33)38-21-12-13-36-17-21)23(37-25(26)29)14-19-6-4-3-5-7-19/h3-11,18,21,23-24H,12-17H2,1-2H3,(H2,26,29)(H,32,33)/t21-,23-,24+/m0/s1. The number of phosphoric ester groups is 1. The zero-order valence-electron chi connectivity index (χ0n) is 22.6. The molecule has 0 spiro atoms. The second kappa shape index (κ2) is 14.3. The van der Waals surface area contributed by atoms with E-state index >= 15 is 0 Å². The monoisotopic (exact) mass is 615 g/mol. The van der Waals surface area contributed by atoms with Crippen LogP contribution in [-0.2, 0) is 39.5 Å². The largest absolute Gasteiger partial charge is 0.472 e. The average molecular weight is 616 g/mol. The molecule has 1 unspecified atom stereocenters. The number of benzene rings is 2. The third kappa shape index (κ3) is 9.85. The van der Waals surface area contributed by atoms with Crippen LogP contribution in [0.1, 0.15) is 25.8 Å². The Labute approximate surface area is 238 Å². The number of sulfonamides is 1. The highest BCUT2D eigenvalue weighted by molar-refractivity contribution is 7.89. The molecule has 1 saturated heterocycles. The number of nitrogens with zero attached hydrogens (tertiary/aromatic N) is 2. The van der Waals surface area contributed by atoms with Gasteiger partial charge in [-0.15, -0.1) is 0 Å². The van der Waals surface area contributed by atoms with Crippen molar-refractivity contribution in [1.82, 2.24) is 4.31 Å². The lowest BCUT2D eigenvalue weighted by Gasteiger charge is -2.33. The Balaban J connectivity index is 2.00. The Morgan fingerprint density at radius 3 is 2.37 bits per heavy atom. The molecule has 0 saturated carbocycles. The number of ether oxygens (including phenoxy) is 2. The molecule has 41 heavy (non-hydrogen) atoms. The van der Waals surface area contributed by atoms with E-state index in [1.54, 1.807) is 44.2 Å². The highest BCUT2D eigenvalue weighted by atomic mass is 32.2. The van der Waals surface area contributed by atoms with Gasteiger partial charge in [0.2, 0.25) is 10.0 Å². The van der Waals surface area contributed by atoms with E-state index in [0.717, 1.165) is 28.6 Å². The van der Waals surface area contributed by atoms with Gasteiger partial charge in [0.1, 0.15) is 12.2 Å². The third-order valence-corrected chi connectivity index (χ3v) is 8.99. The fraction of sp³-hybridized carbons (Fsp3) is 0.480. The summed E-state index contributed by atoms with van der Waals surface area (Å²) >= 11 is 0. The lowest BCUT2D eigenvalue weighted by atomic mass is 10.0. The van der Waals surface area contributed by atoms with Crippen molar-refractivity contribution in [2.75, 3.05) is 26.3 Å². The molecule has 0 aromatic heterocycles. The highest BCUT2D eigenvalue weighted by Gasteiger charge is 2.40. The Hall–Kier alpha value is -2.91. The summed E-state index contributed by atoms with van der Waals surface area (Å²) in [6.45, 7) is 3.30. The molecule has 1 fully saturated rings. The van der Waals surface area contributed by atoms with Crippen LogP contribution in [0.15, 0.2) is 59.5 Å². The zero-order chi connectivity index (χ0) is 30.2. The van der Waals surface area contributed by atoms with Crippen molar-refractivity contribution >= 4 is 29.6 Å². The summed E-state index contributed by atoms with van der Waals surface area (Å²) in [5.74, 6) is -0.221. The van der Waals surface area contributed by atoms with Crippen LogP contribution in [0.5, 0.6) is 0 Å². The van der Waals surface area contributed by atoms with E-state index in [-0.39, 0.29) is 36.1 Å². The minimum Gasteiger partial charge on any atom is -0.443 e. The molecule has 0 radical (unpaired) electrons. The number of nitro benzene ring substituents is 1. The van der Waals surface area contributed by atoms with Gasteiger partial charge in [-0.3, -0.25) is 19.2 Å². The third-order valence-electron chi connectivity index (χ3n) is 6.04. The average Bonchev–Trinajstić information content (AvgIpc) is 3.39. The summed E-state index contributed by atoms with van der Waals surface area (Å²) in [7, 11) is -9.16. The minimum absolute atomic E-state index is 0.0336. The molecular formula is C25H34N3O11PS. The van der Waals surface area contributed by atoms with Crippen LogP contribution in [0.2, 0.25) is 0 Å². The molecule has 14 nitrogen and oxygen atoms in total. The number of amides is 1. The molecule has 3 N–H and O–H groups in total. The van der Waals surface area contributed by atoms with Crippen LogP contribution in [0.25, 0.3) is 0 Å². The summed E-state index contributed by atoms with van der Waals surface area (Å²) in [5.41, 5.74) is 5.68. The van der Waals surface area contributed by atoms with Crippen LogP contribution in [0, 0.1) is 16.0 Å². The number of nitro groups is 1. The summed E-state index contributed by atoms with van der Waals surface area (Å²) in [6.07, 6.45) is -4.45. The quantitative estimate of drug-likeness (QED) is 0.169. The van der Waals surface area contributed by atoms with Crippen LogP contribution in [0.4, 0.5) is 10.5 Å². The van der Waals surface area contributed by atoms with Crippen LogP contribution < -0.4 is 5.73 Å². The fourth-order valence-electron chi connectivity index (χ4n) is 4.21. The van der Waals surface area contributed by atoms with Gasteiger partial charge in [0.25, 0.3) is 5.69 Å². The first-order chi connectivity index (χ1) is 19.3. The summed E-state index contributed by atoms with van der Waals surface area (Å²) in [5, 5.41) is 11.1. The second-order valence-corrected chi connectivity index (χ2v) is 13.1. The van der Waals surface area contributed by atoms with E-state index < -0.39 is 53.7 Å². The van der Waals surface area contributed by atoms with E-state index in [0.29, 0.717) is 18.6 Å². The van der Waals surface area contributed by atoms with Gasteiger partial charge < -0.3 is 20.1 Å². The molecule has 1 heterocycles. The smallest absolute Gasteiger partial charge is 0.443 e. The van der Waals surface area contributed by atoms with Gasteiger partial charge in [-0.2, -0.15) is 4.31 Å². The molecule has 1 aliphatic rings.